The Morgan fingerprint density at radius 3 is 2.48 bits per heavy atom. The van der Waals surface area contributed by atoms with Gasteiger partial charge in [0.25, 0.3) is 0 Å². The van der Waals surface area contributed by atoms with Gasteiger partial charge >= 0.3 is 0 Å². The van der Waals surface area contributed by atoms with E-state index in [2.05, 4.69) is 21.6 Å². The average Bonchev–Trinajstić information content (AvgIpc) is 3.49. The number of amides is 1. The number of carbonyl (C=O) groups excluding carboxylic acids is 2. The highest BCUT2D eigenvalue weighted by Crippen LogP contribution is 2.50. The van der Waals surface area contributed by atoms with Crippen LogP contribution in [0.4, 0.5) is 10.8 Å². The first-order valence-corrected chi connectivity index (χ1v) is 15.6. The maximum Gasteiger partial charge on any atom is 0.234 e. The van der Waals surface area contributed by atoms with E-state index in [4.69, 9.17) is 19.9 Å². The number of hydrogen-bond acceptors (Lipinski definition) is 12. The largest absolute Gasteiger partial charge is 0.493 e. The molecule has 11 nitrogen and oxygen atoms in total. The third-order valence-corrected chi connectivity index (χ3v) is 9.68. The van der Waals surface area contributed by atoms with Gasteiger partial charge in [-0.2, -0.15) is 5.26 Å². The van der Waals surface area contributed by atoms with Crippen LogP contribution in [-0.4, -0.2) is 49.0 Å². The molecule has 0 fully saturated rings. The van der Waals surface area contributed by atoms with E-state index in [1.165, 1.54) is 44.4 Å². The molecule has 2 aromatic carbocycles. The van der Waals surface area contributed by atoms with Gasteiger partial charge in [0.05, 0.1) is 44.6 Å². The lowest BCUT2D eigenvalue weighted by atomic mass is 9.75. The Bertz CT molecular complexity index is 1720. The van der Waals surface area contributed by atoms with Crippen LogP contribution in [-0.2, 0) is 9.59 Å². The zero-order valence-corrected chi connectivity index (χ0v) is 26.6. The lowest BCUT2D eigenvalue weighted by Crippen LogP contribution is -2.38. The van der Waals surface area contributed by atoms with Gasteiger partial charge in [0.1, 0.15) is 5.82 Å². The zero-order valence-electron chi connectivity index (χ0n) is 25.0. The third-order valence-electron chi connectivity index (χ3n) is 7.64. The summed E-state index contributed by atoms with van der Waals surface area (Å²) in [6.07, 6.45) is 1.53. The second-order valence-electron chi connectivity index (χ2n) is 10.3. The highest BCUT2D eigenvalue weighted by atomic mass is 32.2. The highest BCUT2D eigenvalue weighted by Gasteiger charge is 2.42. The Morgan fingerprint density at radius 1 is 1.11 bits per heavy atom. The van der Waals surface area contributed by atoms with E-state index in [1.54, 1.807) is 17.0 Å². The number of rotatable bonds is 9. The molecule has 1 aliphatic heterocycles. The second kappa shape index (κ2) is 13.0. The fraction of sp³-hybridized carbons (Fsp3) is 0.323. The summed E-state index contributed by atoms with van der Waals surface area (Å²) in [6.45, 7) is 4.01. The fourth-order valence-electron chi connectivity index (χ4n) is 5.40. The molecule has 0 spiro atoms. The molecule has 0 saturated carbocycles. The summed E-state index contributed by atoms with van der Waals surface area (Å²) in [7, 11) is 4.52. The quantitative estimate of drug-likeness (QED) is 0.299. The predicted molar refractivity (Wildman–Crippen MR) is 169 cm³/mol. The van der Waals surface area contributed by atoms with Crippen molar-refractivity contribution in [3.63, 3.8) is 0 Å². The summed E-state index contributed by atoms with van der Waals surface area (Å²) in [6, 6.07) is 11.5. The fourth-order valence-corrected chi connectivity index (χ4v) is 7.08. The number of carbonyl (C=O) groups is 2. The predicted octanol–water partition coefficient (Wildman–Crippen LogP) is 5.22. The number of aryl methyl sites for hydroxylation is 2. The number of nitrogens with two attached hydrogens (primary N) is 1. The SMILES string of the molecule is COc1cc(C2C(C#N)=C(N)N(c3nnc(SCC(=O)Nc4ccc(C)c(C)c4)s3)C3=C2C(=O)CCC3)cc(OC)c1OC. The number of ether oxygens (including phenoxy) is 3. The Morgan fingerprint density at radius 2 is 1.84 bits per heavy atom. The molecule has 1 aromatic heterocycles. The smallest absolute Gasteiger partial charge is 0.234 e. The van der Waals surface area contributed by atoms with Crippen molar-refractivity contribution < 1.29 is 23.8 Å². The maximum absolute atomic E-state index is 13.5. The van der Waals surface area contributed by atoms with Crippen LogP contribution in [0.15, 0.2) is 57.3 Å². The molecule has 1 atom stereocenters. The van der Waals surface area contributed by atoms with Crippen LogP contribution < -0.4 is 30.2 Å². The Balaban J connectivity index is 1.46. The van der Waals surface area contributed by atoms with E-state index in [1.807, 2.05) is 32.0 Å². The number of nitriles is 1. The summed E-state index contributed by atoms with van der Waals surface area (Å²) < 4.78 is 17.1. The summed E-state index contributed by atoms with van der Waals surface area (Å²) >= 11 is 2.49. The molecule has 3 aromatic rings. The molecule has 2 heterocycles. The van der Waals surface area contributed by atoms with Gasteiger partial charge in [0, 0.05) is 23.4 Å². The van der Waals surface area contributed by atoms with Crippen LogP contribution in [0.5, 0.6) is 17.2 Å². The lowest BCUT2D eigenvalue weighted by molar-refractivity contribution is -0.116. The molecular formula is C31H32N6O5S2. The number of allylic oxidation sites excluding steroid dienone is 3. The summed E-state index contributed by atoms with van der Waals surface area (Å²) in [4.78, 5) is 27.8. The van der Waals surface area contributed by atoms with Crippen molar-refractivity contribution in [3.8, 4) is 23.3 Å². The minimum atomic E-state index is -0.733. The molecule has 228 valence electrons. The minimum Gasteiger partial charge on any atom is -0.493 e. The Labute approximate surface area is 263 Å². The Hall–Kier alpha value is -4.54. The maximum atomic E-state index is 13.5. The van der Waals surface area contributed by atoms with Gasteiger partial charge in [-0.25, -0.2) is 0 Å². The van der Waals surface area contributed by atoms with Crippen LogP contribution in [0.2, 0.25) is 0 Å². The van der Waals surface area contributed by atoms with E-state index >= 15 is 0 Å². The number of hydrogen-bond donors (Lipinski definition) is 2. The monoisotopic (exact) mass is 632 g/mol. The zero-order chi connectivity index (χ0) is 31.5. The van der Waals surface area contributed by atoms with Gasteiger partial charge < -0.3 is 25.3 Å². The van der Waals surface area contributed by atoms with Gasteiger partial charge in [0.15, 0.2) is 21.6 Å². The van der Waals surface area contributed by atoms with Crippen LogP contribution >= 0.6 is 23.1 Å². The second-order valence-corrected chi connectivity index (χ2v) is 12.4. The van der Waals surface area contributed by atoms with Crippen molar-refractivity contribution in [1.82, 2.24) is 10.2 Å². The third kappa shape index (κ3) is 5.82. The molecule has 1 unspecified atom stereocenters. The van der Waals surface area contributed by atoms with Crippen molar-refractivity contribution >= 4 is 45.6 Å². The first kappa shape index (κ1) is 30.9. The normalized spacial score (nSPS) is 16.4. The highest BCUT2D eigenvalue weighted by molar-refractivity contribution is 8.01. The molecule has 13 heteroatoms. The number of anilines is 2. The number of nitrogens with zero attached hydrogens (tertiary/aromatic N) is 4. The van der Waals surface area contributed by atoms with Crippen LogP contribution in [0.3, 0.4) is 0 Å². The molecular weight excluding hydrogens is 601 g/mol. The van der Waals surface area contributed by atoms with Crippen LogP contribution in [0.1, 0.15) is 41.9 Å². The van der Waals surface area contributed by atoms with Gasteiger partial charge in [-0.15, -0.1) is 10.2 Å². The van der Waals surface area contributed by atoms with Gasteiger partial charge in [0.2, 0.25) is 16.8 Å². The molecule has 0 bridgehead atoms. The van der Waals surface area contributed by atoms with E-state index < -0.39 is 5.92 Å². The molecule has 2 aliphatic rings. The topological polar surface area (TPSA) is 153 Å². The van der Waals surface area contributed by atoms with Gasteiger partial charge in [-0.1, -0.05) is 29.2 Å². The molecule has 5 rings (SSSR count). The summed E-state index contributed by atoms with van der Waals surface area (Å²) in [5.74, 6) is 0.524. The van der Waals surface area contributed by atoms with Crippen molar-refractivity contribution in [3.05, 3.63) is 69.7 Å². The van der Waals surface area contributed by atoms with Crippen molar-refractivity contribution in [2.24, 2.45) is 5.73 Å². The first-order valence-electron chi connectivity index (χ1n) is 13.8. The van der Waals surface area contributed by atoms with E-state index in [-0.39, 0.29) is 28.8 Å². The number of aromatic nitrogens is 2. The molecule has 3 N–H and O–H groups in total. The summed E-state index contributed by atoms with van der Waals surface area (Å²) in [5.41, 5.74) is 11.6. The molecule has 1 amide bonds. The number of nitrogens with one attached hydrogen (secondary N) is 1. The minimum absolute atomic E-state index is 0.0719. The van der Waals surface area contributed by atoms with E-state index in [9.17, 15) is 14.9 Å². The average molecular weight is 633 g/mol. The lowest BCUT2D eigenvalue weighted by Gasteiger charge is -2.38. The van der Waals surface area contributed by atoms with Crippen molar-refractivity contribution in [1.29, 1.82) is 5.26 Å². The number of methoxy groups -OCH3 is 3. The number of benzene rings is 2. The first-order chi connectivity index (χ1) is 21.2. The molecule has 1 aliphatic carbocycles. The standard InChI is InChI=1S/C31H32N6O5S2/c1-16-9-10-19(11-17(16)2)34-25(39)15-43-31-36-35-30(44-31)37-21-7-6-8-22(38)27(21)26(20(14-32)29(37)33)18-12-23(40-3)28(42-5)24(13-18)41-4/h9-13,26H,6-8,15,33H2,1-5H3,(H,34,39). The number of thioether (sulfide) groups is 1. The number of ketones is 1. The van der Waals surface area contributed by atoms with Crippen LogP contribution in [0, 0.1) is 25.2 Å². The summed E-state index contributed by atoms with van der Waals surface area (Å²) in [5, 5.41) is 22.3. The molecule has 44 heavy (non-hydrogen) atoms. The van der Waals surface area contributed by atoms with Crippen molar-refractivity contribution in [2.45, 2.75) is 43.4 Å². The molecule has 0 saturated heterocycles. The van der Waals surface area contributed by atoms with Gasteiger partial charge in [-0.3, -0.25) is 14.5 Å². The van der Waals surface area contributed by atoms with Crippen molar-refractivity contribution in [2.75, 3.05) is 37.3 Å². The van der Waals surface area contributed by atoms with Crippen LogP contribution in [0.25, 0.3) is 0 Å². The Kier molecular flexibility index (Phi) is 9.12. The van der Waals surface area contributed by atoms with E-state index in [0.29, 0.717) is 62.8 Å². The van der Waals surface area contributed by atoms with Gasteiger partial charge in [-0.05, 0) is 67.6 Å². The van der Waals surface area contributed by atoms with E-state index in [0.717, 1.165) is 16.8 Å². The molecule has 0 radical (unpaired) electrons. The number of Topliss-reactive ketones (excluding diaryl/α,β-unsaturated/α-hetero) is 1.